The van der Waals surface area contributed by atoms with Crippen LogP contribution in [0.25, 0.3) is 0 Å². The van der Waals surface area contributed by atoms with Crippen LogP contribution in [0.2, 0.25) is 0 Å². The largest absolute Gasteiger partial charge is 0.508 e. The van der Waals surface area contributed by atoms with Gasteiger partial charge in [0.25, 0.3) is 5.91 Å². The molecule has 1 amide bonds. The molecule has 1 atom stereocenters. The summed E-state index contributed by atoms with van der Waals surface area (Å²) in [5, 5.41) is 21.4. The first-order chi connectivity index (χ1) is 12.0. The lowest BCUT2D eigenvalue weighted by molar-refractivity contribution is -0.141. The van der Waals surface area contributed by atoms with Crippen molar-refractivity contribution in [1.29, 1.82) is 0 Å². The number of carbonyl (C=O) groups is 2. The molecule has 0 bridgehead atoms. The highest BCUT2D eigenvalue weighted by Gasteiger charge is 2.20. The summed E-state index contributed by atoms with van der Waals surface area (Å²) < 4.78 is 1.51. The second-order valence-corrected chi connectivity index (χ2v) is 5.91. The highest BCUT2D eigenvalue weighted by molar-refractivity contribution is 6.03. The number of aromatic hydroxyl groups is 1. The van der Waals surface area contributed by atoms with Gasteiger partial charge in [-0.3, -0.25) is 4.79 Å². The number of aromatic nitrogens is 2. The van der Waals surface area contributed by atoms with E-state index in [1.165, 1.54) is 29.2 Å². The van der Waals surface area contributed by atoms with Crippen molar-refractivity contribution in [3.63, 3.8) is 0 Å². The van der Waals surface area contributed by atoms with Crippen LogP contribution in [0.5, 0.6) is 5.75 Å². The van der Waals surface area contributed by atoms with Crippen molar-refractivity contribution in [2.45, 2.75) is 45.1 Å². The van der Waals surface area contributed by atoms with Crippen molar-refractivity contribution in [2.24, 2.45) is 0 Å². The Morgan fingerprint density at radius 2 is 2.04 bits per heavy atom. The molecular weight excluding hydrogens is 338 g/mol. The molecule has 1 aromatic heterocycles. The van der Waals surface area contributed by atoms with E-state index in [1.807, 2.05) is 0 Å². The Balaban J connectivity index is 0.00000338. The van der Waals surface area contributed by atoms with E-state index in [1.54, 1.807) is 12.1 Å². The van der Waals surface area contributed by atoms with Gasteiger partial charge >= 0.3 is 5.97 Å². The number of phenolic OH excluding ortho intramolecular Hbond substituents is 1. The second kappa shape index (κ2) is 10.2. The van der Waals surface area contributed by atoms with Crippen LogP contribution in [0, 0.1) is 0 Å². The number of nitrogens with zero attached hydrogens (tertiary/aromatic N) is 2. The minimum Gasteiger partial charge on any atom is -0.508 e. The maximum Gasteiger partial charge on any atom is 0.326 e. The second-order valence-electron chi connectivity index (χ2n) is 5.91. The first kappa shape index (κ1) is 21.2. The minimum atomic E-state index is -0.917. The molecule has 1 aromatic carbocycles. The predicted molar refractivity (Wildman–Crippen MR) is 97.3 cm³/mol. The number of nitrogens with one attached hydrogen (secondary N) is 1. The molecule has 0 aliphatic heterocycles. The topological polar surface area (TPSA) is 136 Å². The van der Waals surface area contributed by atoms with Gasteiger partial charge in [-0.1, -0.05) is 38.7 Å². The standard InChI is InChI=1S/C18H23N3O4.H2O/c1-2-3-4-5-9-15(18(24)25)21-11-16(19-12-21)20-17(23)13-7-6-8-14(22)10-13;/h6-8,10-12,15,22H,2-5,9H2,1H3,(H,20,23)(H,24,25);1H2. The number of carboxylic acid groups (broad SMARTS) is 1. The lowest BCUT2D eigenvalue weighted by Gasteiger charge is -2.13. The molecule has 0 saturated heterocycles. The van der Waals surface area contributed by atoms with Gasteiger partial charge < -0.3 is 25.6 Å². The van der Waals surface area contributed by atoms with Crippen molar-refractivity contribution >= 4 is 17.7 Å². The van der Waals surface area contributed by atoms with Crippen LogP contribution in [0.1, 0.15) is 55.4 Å². The van der Waals surface area contributed by atoms with Gasteiger partial charge in [0.15, 0.2) is 5.82 Å². The number of benzene rings is 1. The van der Waals surface area contributed by atoms with Crippen LogP contribution < -0.4 is 5.32 Å². The third kappa shape index (κ3) is 5.89. The normalized spacial score (nSPS) is 11.4. The molecule has 8 nitrogen and oxygen atoms in total. The Morgan fingerprint density at radius 3 is 2.69 bits per heavy atom. The summed E-state index contributed by atoms with van der Waals surface area (Å²) in [6, 6.07) is 5.26. The number of carbonyl (C=O) groups excluding carboxylic acids is 1. The smallest absolute Gasteiger partial charge is 0.326 e. The molecular formula is C18H25N3O5. The lowest BCUT2D eigenvalue weighted by Crippen LogP contribution is -2.18. The van der Waals surface area contributed by atoms with E-state index in [0.29, 0.717) is 12.0 Å². The third-order valence-corrected chi connectivity index (χ3v) is 3.93. The van der Waals surface area contributed by atoms with Gasteiger partial charge in [-0.15, -0.1) is 0 Å². The molecule has 142 valence electrons. The van der Waals surface area contributed by atoms with E-state index < -0.39 is 17.9 Å². The quantitative estimate of drug-likeness (QED) is 0.588. The molecule has 2 aromatic rings. The zero-order valence-corrected chi connectivity index (χ0v) is 14.7. The number of phenols is 1. The Hall–Kier alpha value is -2.87. The van der Waals surface area contributed by atoms with Gasteiger partial charge in [0.05, 0.1) is 6.33 Å². The molecule has 1 heterocycles. The molecule has 2 rings (SSSR count). The first-order valence-corrected chi connectivity index (χ1v) is 8.38. The number of hydrogen-bond donors (Lipinski definition) is 3. The lowest BCUT2D eigenvalue weighted by atomic mass is 10.1. The number of anilines is 1. The van der Waals surface area contributed by atoms with E-state index in [4.69, 9.17) is 0 Å². The Bertz CT molecular complexity index is 729. The summed E-state index contributed by atoms with van der Waals surface area (Å²) in [6.07, 6.45) is 7.45. The fraction of sp³-hybridized carbons (Fsp3) is 0.389. The van der Waals surface area contributed by atoms with Crippen LogP contribution in [-0.2, 0) is 4.79 Å². The molecule has 0 spiro atoms. The van der Waals surface area contributed by atoms with Crippen molar-refractivity contribution in [1.82, 2.24) is 9.55 Å². The number of hydrogen-bond acceptors (Lipinski definition) is 4. The SMILES string of the molecule is CCCCCCC(C(=O)O)n1cnc(NC(=O)c2cccc(O)c2)c1.O. The Labute approximate surface area is 151 Å². The fourth-order valence-electron chi connectivity index (χ4n) is 2.57. The van der Waals surface area contributed by atoms with Crippen molar-refractivity contribution in [3.05, 3.63) is 42.4 Å². The monoisotopic (exact) mass is 363 g/mol. The number of aliphatic carboxylic acids is 1. The van der Waals surface area contributed by atoms with Gasteiger partial charge in [0.2, 0.25) is 0 Å². The molecule has 0 aliphatic rings. The van der Waals surface area contributed by atoms with Gasteiger partial charge in [-0.05, 0) is 24.6 Å². The summed E-state index contributed by atoms with van der Waals surface area (Å²) >= 11 is 0. The summed E-state index contributed by atoms with van der Waals surface area (Å²) in [7, 11) is 0. The maximum atomic E-state index is 12.1. The first-order valence-electron chi connectivity index (χ1n) is 8.38. The van der Waals surface area contributed by atoms with E-state index in [0.717, 1.165) is 25.7 Å². The van der Waals surface area contributed by atoms with Crippen LogP contribution in [0.3, 0.4) is 0 Å². The van der Waals surface area contributed by atoms with E-state index in [2.05, 4.69) is 17.2 Å². The average molecular weight is 363 g/mol. The minimum absolute atomic E-state index is 0. The average Bonchev–Trinajstić information content (AvgIpc) is 3.02. The summed E-state index contributed by atoms with van der Waals surface area (Å²) in [6.45, 7) is 2.10. The highest BCUT2D eigenvalue weighted by Crippen LogP contribution is 2.19. The van der Waals surface area contributed by atoms with Gasteiger partial charge in [-0.25, -0.2) is 9.78 Å². The molecule has 0 radical (unpaired) electrons. The molecule has 5 N–H and O–H groups in total. The molecule has 1 unspecified atom stereocenters. The van der Waals surface area contributed by atoms with Crippen molar-refractivity contribution in [3.8, 4) is 5.75 Å². The molecule has 26 heavy (non-hydrogen) atoms. The van der Waals surface area contributed by atoms with Gasteiger partial charge in [-0.2, -0.15) is 0 Å². The number of unbranched alkanes of at least 4 members (excludes halogenated alkanes) is 3. The fourth-order valence-corrected chi connectivity index (χ4v) is 2.57. The van der Waals surface area contributed by atoms with Crippen LogP contribution in [-0.4, -0.2) is 37.1 Å². The molecule has 0 aliphatic carbocycles. The zero-order chi connectivity index (χ0) is 18.2. The van der Waals surface area contributed by atoms with Crippen LogP contribution >= 0.6 is 0 Å². The zero-order valence-electron chi connectivity index (χ0n) is 14.7. The van der Waals surface area contributed by atoms with Crippen LogP contribution in [0.15, 0.2) is 36.8 Å². The molecule has 0 fully saturated rings. The maximum absolute atomic E-state index is 12.1. The number of imidazole rings is 1. The number of carboxylic acids is 1. The van der Waals surface area contributed by atoms with Crippen molar-refractivity contribution < 1.29 is 25.3 Å². The third-order valence-electron chi connectivity index (χ3n) is 3.93. The Morgan fingerprint density at radius 1 is 1.27 bits per heavy atom. The predicted octanol–water partition coefficient (Wildman–Crippen LogP) is 2.61. The summed E-state index contributed by atoms with van der Waals surface area (Å²) in [4.78, 5) is 27.7. The Kier molecular flexibility index (Phi) is 8.30. The van der Waals surface area contributed by atoms with Crippen molar-refractivity contribution in [2.75, 3.05) is 5.32 Å². The summed E-state index contributed by atoms with van der Waals surface area (Å²) in [5.74, 6) is -1.07. The van der Waals surface area contributed by atoms with E-state index in [9.17, 15) is 19.8 Å². The molecule has 0 saturated carbocycles. The number of amides is 1. The number of rotatable bonds is 9. The van der Waals surface area contributed by atoms with Gasteiger partial charge in [0, 0.05) is 11.8 Å². The summed E-state index contributed by atoms with van der Waals surface area (Å²) in [5.41, 5.74) is 0.295. The molecule has 8 heteroatoms. The van der Waals surface area contributed by atoms with Gasteiger partial charge in [0.1, 0.15) is 11.8 Å². The van der Waals surface area contributed by atoms with Crippen LogP contribution in [0.4, 0.5) is 5.82 Å². The highest BCUT2D eigenvalue weighted by atomic mass is 16.4. The van der Waals surface area contributed by atoms with E-state index >= 15 is 0 Å². The van der Waals surface area contributed by atoms with E-state index in [-0.39, 0.29) is 17.0 Å².